The minimum atomic E-state index is 0. The smallest absolute Gasteiger partial charge is 0.185 e. The van der Waals surface area contributed by atoms with Gasteiger partial charge in [0.2, 0.25) is 0 Å². The Kier molecular flexibility index (Phi) is 11.2. The Morgan fingerprint density at radius 3 is 2.33 bits per heavy atom. The third-order valence-electron chi connectivity index (χ3n) is 0.702. The van der Waals surface area contributed by atoms with E-state index in [2.05, 4.69) is 11.9 Å². The van der Waals surface area contributed by atoms with Crippen molar-refractivity contribution >= 4 is 5.96 Å². The summed E-state index contributed by atoms with van der Waals surface area (Å²) in [6.45, 7) is 4.33. The van der Waals surface area contributed by atoms with Gasteiger partial charge in [-0.2, -0.15) is 6.42 Å². The van der Waals surface area contributed by atoms with Crippen LogP contribution in [0.2, 0.25) is 0 Å². The molecule has 0 aromatic carbocycles. The van der Waals surface area contributed by atoms with E-state index < -0.39 is 0 Å². The van der Waals surface area contributed by atoms with E-state index in [0.29, 0.717) is 6.54 Å². The van der Waals surface area contributed by atoms with E-state index in [9.17, 15) is 0 Å². The minimum absolute atomic E-state index is 0. The second-order valence-electron chi connectivity index (χ2n) is 1.51. The number of nitrogens with two attached hydrogens (primary N) is 2. The van der Waals surface area contributed by atoms with E-state index in [1.165, 1.54) is 0 Å². The Morgan fingerprint density at radius 2 is 2.00 bits per heavy atom. The van der Waals surface area contributed by atoms with Crippen LogP contribution in [-0.4, -0.2) is 12.5 Å². The number of nitrogens with zero attached hydrogens (tertiary/aromatic N) is 1. The standard InChI is InChI=1S/C5H12N3.Y/c1-2-3-4-8-5(6)7;/h1-4H2,(H4,6,7,8);/q-1;. The Hall–Kier alpha value is 0.374. The largest absolute Gasteiger partial charge is 0.370 e. The van der Waals surface area contributed by atoms with Crippen LogP contribution in [0.15, 0.2) is 4.99 Å². The van der Waals surface area contributed by atoms with Crippen LogP contribution in [0.4, 0.5) is 0 Å². The predicted octanol–water partition coefficient (Wildman–Crippen LogP) is -0.128. The average molecular weight is 203 g/mol. The first-order valence-corrected chi connectivity index (χ1v) is 2.62. The molecule has 3 nitrogen and oxygen atoms in total. The number of guanidine groups is 1. The summed E-state index contributed by atoms with van der Waals surface area (Å²) >= 11 is 0. The van der Waals surface area contributed by atoms with Crippen LogP contribution >= 0.6 is 0 Å². The van der Waals surface area contributed by atoms with Gasteiger partial charge >= 0.3 is 0 Å². The predicted molar refractivity (Wildman–Crippen MR) is 35.3 cm³/mol. The maximum atomic E-state index is 5.04. The normalized spacial score (nSPS) is 7.67. The van der Waals surface area contributed by atoms with Crippen LogP contribution < -0.4 is 11.5 Å². The molecule has 9 heavy (non-hydrogen) atoms. The quantitative estimate of drug-likeness (QED) is 0.290. The second kappa shape index (κ2) is 8.37. The third-order valence-corrected chi connectivity index (χ3v) is 0.702. The van der Waals surface area contributed by atoms with Crippen LogP contribution in [0.5, 0.6) is 0 Å². The summed E-state index contributed by atoms with van der Waals surface area (Å²) in [5, 5.41) is 0. The summed E-state index contributed by atoms with van der Waals surface area (Å²) in [7, 11) is 0. The Bertz CT molecular complexity index is 78.3. The second-order valence-corrected chi connectivity index (χ2v) is 1.51. The number of hydrogen-bond donors (Lipinski definition) is 2. The molecule has 0 bridgehead atoms. The van der Waals surface area contributed by atoms with Crippen LogP contribution in [0.3, 0.4) is 0 Å². The molecule has 0 fully saturated rings. The van der Waals surface area contributed by atoms with Gasteiger partial charge in [0.1, 0.15) is 0 Å². The van der Waals surface area contributed by atoms with E-state index in [4.69, 9.17) is 11.5 Å². The molecular weight excluding hydrogens is 191 g/mol. The molecule has 0 atom stereocenters. The van der Waals surface area contributed by atoms with Gasteiger partial charge in [0.15, 0.2) is 5.96 Å². The summed E-state index contributed by atoms with van der Waals surface area (Å²) < 4.78 is 0. The topological polar surface area (TPSA) is 64.4 Å². The SMILES string of the molecule is [CH2-]CCCN=C(N)N.[Y]. The molecule has 0 aliphatic heterocycles. The maximum absolute atomic E-state index is 5.04. The first kappa shape index (κ1) is 12.1. The molecule has 0 heterocycles. The number of hydrogen-bond acceptors (Lipinski definition) is 1. The molecule has 0 aliphatic carbocycles. The van der Waals surface area contributed by atoms with Crippen molar-refractivity contribution in [2.24, 2.45) is 16.5 Å². The fraction of sp³-hybridized carbons (Fsp3) is 0.600. The van der Waals surface area contributed by atoms with Crippen molar-refractivity contribution in [3.63, 3.8) is 0 Å². The van der Waals surface area contributed by atoms with Gasteiger partial charge in [0, 0.05) is 39.3 Å². The van der Waals surface area contributed by atoms with Crippen molar-refractivity contribution in [3.05, 3.63) is 6.92 Å². The van der Waals surface area contributed by atoms with Crippen molar-refractivity contribution in [3.8, 4) is 0 Å². The van der Waals surface area contributed by atoms with E-state index in [1.807, 2.05) is 0 Å². The Morgan fingerprint density at radius 1 is 1.44 bits per heavy atom. The van der Waals surface area contributed by atoms with E-state index in [0.717, 1.165) is 12.8 Å². The summed E-state index contributed by atoms with van der Waals surface area (Å²) in [5.74, 6) is 0.165. The zero-order valence-corrected chi connectivity index (χ0v) is 8.35. The van der Waals surface area contributed by atoms with Gasteiger partial charge in [-0.05, 0) is 0 Å². The monoisotopic (exact) mass is 203 g/mol. The molecule has 0 aromatic rings. The maximum Gasteiger partial charge on any atom is 0.185 e. The van der Waals surface area contributed by atoms with Crippen LogP contribution in [-0.2, 0) is 32.7 Å². The summed E-state index contributed by atoms with van der Waals surface area (Å²) in [5.41, 5.74) is 10.1. The van der Waals surface area contributed by atoms with E-state index in [-0.39, 0.29) is 38.7 Å². The molecule has 1 radical (unpaired) electrons. The fourth-order valence-corrected chi connectivity index (χ4v) is 0.320. The fourth-order valence-electron chi connectivity index (χ4n) is 0.320. The van der Waals surface area contributed by atoms with Gasteiger partial charge < -0.3 is 18.4 Å². The summed E-state index contributed by atoms with van der Waals surface area (Å²) in [6, 6.07) is 0. The molecule has 0 aromatic heterocycles. The van der Waals surface area contributed by atoms with Crippen molar-refractivity contribution in [2.75, 3.05) is 6.54 Å². The van der Waals surface area contributed by atoms with Crippen molar-refractivity contribution in [2.45, 2.75) is 12.8 Å². The molecular formula is C5H12N3Y-. The summed E-state index contributed by atoms with van der Waals surface area (Å²) in [4.78, 5) is 3.75. The number of rotatable bonds is 3. The molecule has 0 amide bonds. The first-order valence-electron chi connectivity index (χ1n) is 2.62. The van der Waals surface area contributed by atoms with Gasteiger partial charge in [-0.1, -0.05) is 6.42 Å². The average Bonchev–Trinajstić information content (AvgIpc) is 1.66. The molecule has 51 valence electrons. The van der Waals surface area contributed by atoms with Crippen LogP contribution in [0, 0.1) is 6.92 Å². The minimum Gasteiger partial charge on any atom is -0.370 e. The van der Waals surface area contributed by atoms with Crippen molar-refractivity contribution in [1.29, 1.82) is 0 Å². The number of unbranched alkanes of at least 4 members (excludes halogenated alkanes) is 1. The molecule has 4 N–H and O–H groups in total. The summed E-state index contributed by atoms with van der Waals surface area (Å²) in [6.07, 6.45) is 1.84. The molecule has 4 heteroatoms. The molecule has 0 unspecified atom stereocenters. The van der Waals surface area contributed by atoms with Gasteiger partial charge in [-0.25, -0.2) is 0 Å². The van der Waals surface area contributed by atoms with Crippen LogP contribution in [0.25, 0.3) is 0 Å². The van der Waals surface area contributed by atoms with Crippen LogP contribution in [0.1, 0.15) is 12.8 Å². The van der Waals surface area contributed by atoms with E-state index >= 15 is 0 Å². The van der Waals surface area contributed by atoms with Gasteiger partial charge in [0.25, 0.3) is 0 Å². The molecule has 0 saturated carbocycles. The van der Waals surface area contributed by atoms with Gasteiger partial charge in [-0.3, -0.25) is 4.99 Å². The molecule has 0 spiro atoms. The third kappa shape index (κ3) is 11.8. The molecule has 0 aliphatic rings. The first-order chi connectivity index (χ1) is 3.77. The van der Waals surface area contributed by atoms with Crippen molar-refractivity contribution in [1.82, 2.24) is 0 Å². The van der Waals surface area contributed by atoms with Gasteiger partial charge in [0.05, 0.1) is 0 Å². The Balaban J connectivity index is 0. The van der Waals surface area contributed by atoms with Gasteiger partial charge in [-0.15, -0.1) is 0 Å². The Labute approximate surface area is 81.2 Å². The van der Waals surface area contributed by atoms with E-state index in [1.54, 1.807) is 0 Å². The van der Waals surface area contributed by atoms with Crippen molar-refractivity contribution < 1.29 is 32.7 Å². The zero-order valence-electron chi connectivity index (χ0n) is 5.51. The molecule has 0 rings (SSSR count). The number of aliphatic imine (C=N–C) groups is 1. The zero-order chi connectivity index (χ0) is 6.41. The molecule has 0 saturated heterocycles.